The molecule has 1 aromatic carbocycles. The second kappa shape index (κ2) is 4.01. The fraction of sp³-hybridized carbons (Fsp3) is 0.333. The zero-order chi connectivity index (χ0) is 11.8. The van der Waals surface area contributed by atoms with Crippen LogP contribution in [0, 0.1) is 0 Å². The van der Waals surface area contributed by atoms with Gasteiger partial charge >= 0.3 is 11.9 Å². The van der Waals surface area contributed by atoms with Crippen LogP contribution in [0.25, 0.3) is 0 Å². The Bertz CT molecular complexity index is 438. The Morgan fingerprint density at radius 3 is 2.38 bits per heavy atom. The number of rotatable bonds is 2. The number of hydrogen-bond acceptors (Lipinski definition) is 3. The molecule has 0 bridgehead atoms. The third-order valence-corrected chi connectivity index (χ3v) is 3.57. The molecule has 84 valence electrons. The highest BCUT2D eigenvalue weighted by atomic mass is 79.9. The average molecular weight is 283 g/mol. The second-order valence-electron chi connectivity index (χ2n) is 3.88. The van der Waals surface area contributed by atoms with Crippen molar-refractivity contribution < 1.29 is 14.3 Å². The molecular formula is C12H11BrO3. The summed E-state index contributed by atoms with van der Waals surface area (Å²) in [5, 5.41) is 0. The van der Waals surface area contributed by atoms with Crippen LogP contribution in [0.1, 0.15) is 25.3 Å². The molecular weight excluding hydrogens is 272 g/mol. The second-order valence-corrected chi connectivity index (χ2v) is 4.80. The molecule has 0 saturated carbocycles. The van der Waals surface area contributed by atoms with Crippen LogP contribution in [0.3, 0.4) is 0 Å². The van der Waals surface area contributed by atoms with Crippen LogP contribution in [0.2, 0.25) is 0 Å². The number of cyclic esters (lactones) is 2. The van der Waals surface area contributed by atoms with Gasteiger partial charge in [0, 0.05) is 4.47 Å². The van der Waals surface area contributed by atoms with E-state index in [1.54, 1.807) is 0 Å². The van der Waals surface area contributed by atoms with Crippen molar-refractivity contribution in [1.29, 1.82) is 0 Å². The molecule has 0 N–H and O–H groups in total. The fourth-order valence-electron chi connectivity index (χ4n) is 2.02. The van der Waals surface area contributed by atoms with E-state index >= 15 is 0 Å². The number of carbonyl (C=O) groups is 2. The molecule has 1 atom stereocenters. The maximum atomic E-state index is 11.8. The molecule has 1 unspecified atom stereocenters. The summed E-state index contributed by atoms with van der Waals surface area (Å²) < 4.78 is 5.61. The van der Waals surface area contributed by atoms with Crippen LogP contribution in [-0.2, 0) is 19.7 Å². The lowest BCUT2D eigenvalue weighted by atomic mass is 9.77. The molecule has 2 rings (SSSR count). The van der Waals surface area contributed by atoms with E-state index in [1.165, 1.54) is 0 Å². The van der Waals surface area contributed by atoms with Gasteiger partial charge < -0.3 is 4.74 Å². The first-order valence-electron chi connectivity index (χ1n) is 5.09. The minimum atomic E-state index is -0.780. The quantitative estimate of drug-likeness (QED) is 0.619. The van der Waals surface area contributed by atoms with Gasteiger partial charge in [0.15, 0.2) is 0 Å². The summed E-state index contributed by atoms with van der Waals surface area (Å²) in [5.74, 6) is -0.864. The van der Waals surface area contributed by atoms with Crippen LogP contribution in [0.4, 0.5) is 0 Å². The van der Waals surface area contributed by atoms with E-state index in [-0.39, 0.29) is 6.42 Å². The van der Waals surface area contributed by atoms with Gasteiger partial charge in [0.25, 0.3) is 0 Å². The standard InChI is InChI=1S/C12H11BrO3/c1-2-12(7-10(14)16-11(12)15)8-3-5-9(13)6-4-8/h3-6H,2,7H2,1H3. The van der Waals surface area contributed by atoms with E-state index in [2.05, 4.69) is 20.7 Å². The third-order valence-electron chi connectivity index (χ3n) is 3.04. The zero-order valence-corrected chi connectivity index (χ0v) is 10.4. The number of benzene rings is 1. The monoisotopic (exact) mass is 282 g/mol. The predicted molar refractivity (Wildman–Crippen MR) is 61.8 cm³/mol. The smallest absolute Gasteiger partial charge is 0.324 e. The topological polar surface area (TPSA) is 43.4 Å². The first-order valence-corrected chi connectivity index (χ1v) is 5.89. The van der Waals surface area contributed by atoms with Gasteiger partial charge in [0.2, 0.25) is 0 Å². The van der Waals surface area contributed by atoms with Crippen molar-refractivity contribution in [3.8, 4) is 0 Å². The van der Waals surface area contributed by atoms with Crippen molar-refractivity contribution in [2.75, 3.05) is 0 Å². The van der Waals surface area contributed by atoms with Crippen molar-refractivity contribution in [3.05, 3.63) is 34.3 Å². The molecule has 1 aromatic rings. The Balaban J connectivity index is 2.46. The van der Waals surface area contributed by atoms with Gasteiger partial charge in [0.1, 0.15) is 5.41 Å². The van der Waals surface area contributed by atoms with Crippen molar-refractivity contribution in [3.63, 3.8) is 0 Å². The van der Waals surface area contributed by atoms with E-state index in [9.17, 15) is 9.59 Å². The highest BCUT2D eigenvalue weighted by molar-refractivity contribution is 9.10. The molecule has 0 radical (unpaired) electrons. The molecule has 0 spiro atoms. The molecule has 4 heteroatoms. The molecule has 0 aromatic heterocycles. The first kappa shape index (κ1) is 11.3. The maximum absolute atomic E-state index is 11.8. The third kappa shape index (κ3) is 1.67. The summed E-state index contributed by atoms with van der Waals surface area (Å²) in [5.41, 5.74) is 0.0617. The van der Waals surface area contributed by atoms with Crippen LogP contribution in [0.5, 0.6) is 0 Å². The van der Waals surface area contributed by atoms with Crippen LogP contribution in [0.15, 0.2) is 28.7 Å². The number of halogens is 1. The van der Waals surface area contributed by atoms with E-state index in [4.69, 9.17) is 0 Å². The van der Waals surface area contributed by atoms with Gasteiger partial charge in [-0.25, -0.2) is 0 Å². The van der Waals surface area contributed by atoms with E-state index in [0.717, 1.165) is 10.0 Å². The molecule has 16 heavy (non-hydrogen) atoms. The Labute approximate surface area is 102 Å². The summed E-state index contributed by atoms with van der Waals surface area (Å²) in [6.07, 6.45) is 0.711. The SMILES string of the molecule is CCC1(c2ccc(Br)cc2)CC(=O)OC1=O. The molecule has 1 saturated heterocycles. The predicted octanol–water partition coefficient (Wildman–Crippen LogP) is 2.57. The highest BCUT2D eigenvalue weighted by Gasteiger charge is 2.49. The van der Waals surface area contributed by atoms with E-state index in [0.29, 0.717) is 6.42 Å². The van der Waals surface area contributed by atoms with Crippen LogP contribution in [-0.4, -0.2) is 11.9 Å². The van der Waals surface area contributed by atoms with Gasteiger partial charge in [-0.3, -0.25) is 9.59 Å². The van der Waals surface area contributed by atoms with Gasteiger partial charge in [0.05, 0.1) is 6.42 Å². The Morgan fingerprint density at radius 2 is 1.94 bits per heavy atom. The van der Waals surface area contributed by atoms with Crippen molar-refractivity contribution in [2.45, 2.75) is 25.2 Å². The molecule has 1 fully saturated rings. The summed E-state index contributed by atoms with van der Waals surface area (Å²) in [6.45, 7) is 1.89. The minimum absolute atomic E-state index is 0.143. The first-order chi connectivity index (χ1) is 7.58. The number of hydrogen-bond donors (Lipinski definition) is 0. The maximum Gasteiger partial charge on any atom is 0.324 e. The summed E-state index contributed by atoms with van der Waals surface area (Å²) in [7, 11) is 0. The number of carbonyl (C=O) groups excluding carboxylic acids is 2. The van der Waals surface area contributed by atoms with Crippen molar-refractivity contribution in [1.82, 2.24) is 0 Å². The molecule has 1 heterocycles. The van der Waals surface area contributed by atoms with Gasteiger partial charge in [-0.15, -0.1) is 0 Å². The largest absolute Gasteiger partial charge is 0.392 e. The van der Waals surface area contributed by atoms with Gasteiger partial charge in [-0.1, -0.05) is 35.0 Å². The van der Waals surface area contributed by atoms with Crippen molar-refractivity contribution in [2.24, 2.45) is 0 Å². The molecule has 0 aliphatic carbocycles. The zero-order valence-electron chi connectivity index (χ0n) is 8.83. The Hall–Kier alpha value is -1.16. The van der Waals surface area contributed by atoms with E-state index < -0.39 is 17.4 Å². The molecule has 3 nitrogen and oxygen atoms in total. The number of ether oxygens (including phenoxy) is 1. The minimum Gasteiger partial charge on any atom is -0.392 e. The Morgan fingerprint density at radius 1 is 1.31 bits per heavy atom. The lowest BCUT2D eigenvalue weighted by Gasteiger charge is -2.22. The normalized spacial score (nSPS) is 24.6. The molecule has 1 aliphatic heterocycles. The van der Waals surface area contributed by atoms with E-state index in [1.807, 2.05) is 31.2 Å². The molecule has 1 aliphatic rings. The van der Waals surface area contributed by atoms with Crippen LogP contribution < -0.4 is 0 Å². The van der Waals surface area contributed by atoms with Gasteiger partial charge in [-0.05, 0) is 24.1 Å². The molecule has 0 amide bonds. The average Bonchev–Trinajstić information content (AvgIpc) is 2.55. The fourth-order valence-corrected chi connectivity index (χ4v) is 2.28. The summed E-state index contributed by atoms with van der Waals surface area (Å²) >= 11 is 3.34. The number of esters is 2. The highest BCUT2D eigenvalue weighted by Crippen LogP contribution is 2.38. The Kier molecular flexibility index (Phi) is 2.84. The lowest BCUT2D eigenvalue weighted by molar-refractivity contribution is -0.153. The van der Waals surface area contributed by atoms with Crippen molar-refractivity contribution >= 4 is 27.9 Å². The van der Waals surface area contributed by atoms with Gasteiger partial charge in [-0.2, -0.15) is 0 Å². The lowest BCUT2D eigenvalue weighted by Crippen LogP contribution is -2.30. The summed E-state index contributed by atoms with van der Waals surface area (Å²) in [6, 6.07) is 7.44. The summed E-state index contributed by atoms with van der Waals surface area (Å²) in [4.78, 5) is 23.0. The van der Waals surface area contributed by atoms with Crippen LogP contribution >= 0.6 is 15.9 Å².